The van der Waals surface area contributed by atoms with E-state index in [1.54, 1.807) is 6.20 Å². The van der Waals surface area contributed by atoms with E-state index in [1.165, 1.54) is 11.3 Å². The molecule has 112 valence electrons. The molecule has 1 aromatic heterocycles. The Morgan fingerprint density at radius 3 is 2.90 bits per heavy atom. The number of anilines is 2. The number of benzene rings is 1. The summed E-state index contributed by atoms with van der Waals surface area (Å²) >= 11 is 7.27. The van der Waals surface area contributed by atoms with Crippen LogP contribution in [-0.2, 0) is 11.3 Å². The molecule has 6 heteroatoms. The SMILES string of the molecule is CCCC(=O)Nc1ccc(C)c(NCc2cnc(Cl)s2)c1. The summed E-state index contributed by atoms with van der Waals surface area (Å²) in [5, 5.41) is 6.25. The minimum atomic E-state index is 0.0431. The van der Waals surface area contributed by atoms with E-state index in [-0.39, 0.29) is 5.91 Å². The average Bonchev–Trinajstić information content (AvgIpc) is 2.85. The fourth-order valence-corrected chi connectivity index (χ4v) is 2.81. The van der Waals surface area contributed by atoms with Crippen LogP contribution in [-0.4, -0.2) is 10.9 Å². The van der Waals surface area contributed by atoms with Crippen molar-refractivity contribution in [2.45, 2.75) is 33.2 Å². The number of amides is 1. The topological polar surface area (TPSA) is 54.0 Å². The Hall–Kier alpha value is -1.59. The second kappa shape index (κ2) is 7.43. The van der Waals surface area contributed by atoms with E-state index < -0.39 is 0 Å². The zero-order valence-electron chi connectivity index (χ0n) is 12.1. The lowest BCUT2D eigenvalue weighted by Crippen LogP contribution is -2.11. The molecule has 2 N–H and O–H groups in total. The highest BCUT2D eigenvalue weighted by Gasteiger charge is 2.05. The Balaban J connectivity index is 2.03. The second-order valence-corrected chi connectivity index (χ2v) is 6.46. The number of thiazole rings is 1. The van der Waals surface area contributed by atoms with E-state index >= 15 is 0 Å². The largest absolute Gasteiger partial charge is 0.380 e. The van der Waals surface area contributed by atoms with Gasteiger partial charge in [0.1, 0.15) is 0 Å². The van der Waals surface area contributed by atoms with Crippen molar-refractivity contribution in [2.24, 2.45) is 0 Å². The Kier molecular flexibility index (Phi) is 5.59. The molecule has 4 nitrogen and oxygen atoms in total. The zero-order chi connectivity index (χ0) is 15.2. The van der Waals surface area contributed by atoms with Gasteiger partial charge in [0, 0.05) is 28.9 Å². The van der Waals surface area contributed by atoms with Gasteiger partial charge in [-0.2, -0.15) is 0 Å². The van der Waals surface area contributed by atoms with Gasteiger partial charge in [0.2, 0.25) is 5.91 Å². The Bertz CT molecular complexity index is 627. The maximum absolute atomic E-state index is 11.6. The van der Waals surface area contributed by atoms with Crippen LogP contribution in [0.3, 0.4) is 0 Å². The first-order valence-electron chi connectivity index (χ1n) is 6.83. The third kappa shape index (κ3) is 4.72. The van der Waals surface area contributed by atoms with Gasteiger partial charge in [0.05, 0.1) is 6.54 Å². The van der Waals surface area contributed by atoms with E-state index in [0.717, 1.165) is 28.2 Å². The minimum absolute atomic E-state index is 0.0431. The van der Waals surface area contributed by atoms with Gasteiger partial charge in [-0.05, 0) is 31.0 Å². The predicted octanol–water partition coefficient (Wildman–Crippen LogP) is 4.46. The molecule has 0 saturated carbocycles. The number of aryl methyl sites for hydroxylation is 1. The molecular formula is C15H18ClN3OS. The van der Waals surface area contributed by atoms with E-state index in [9.17, 15) is 4.79 Å². The highest BCUT2D eigenvalue weighted by atomic mass is 35.5. The normalized spacial score (nSPS) is 10.4. The summed E-state index contributed by atoms with van der Waals surface area (Å²) in [6.07, 6.45) is 3.15. The van der Waals surface area contributed by atoms with Crippen LogP contribution < -0.4 is 10.6 Å². The molecular weight excluding hydrogens is 306 g/mol. The summed E-state index contributed by atoms with van der Waals surface area (Å²) in [4.78, 5) is 16.7. The van der Waals surface area contributed by atoms with Crippen LogP contribution >= 0.6 is 22.9 Å². The summed E-state index contributed by atoms with van der Waals surface area (Å²) in [5.41, 5.74) is 2.93. The lowest BCUT2D eigenvalue weighted by atomic mass is 10.1. The molecule has 0 aliphatic carbocycles. The van der Waals surface area contributed by atoms with Crippen molar-refractivity contribution in [1.82, 2.24) is 4.98 Å². The highest BCUT2D eigenvalue weighted by molar-refractivity contribution is 7.15. The molecule has 0 radical (unpaired) electrons. The van der Waals surface area contributed by atoms with Gasteiger partial charge < -0.3 is 10.6 Å². The van der Waals surface area contributed by atoms with Crippen LogP contribution in [0.5, 0.6) is 0 Å². The van der Waals surface area contributed by atoms with Crippen LogP contribution in [0.15, 0.2) is 24.4 Å². The zero-order valence-corrected chi connectivity index (χ0v) is 13.6. The summed E-state index contributed by atoms with van der Waals surface area (Å²) in [5.74, 6) is 0.0431. The quantitative estimate of drug-likeness (QED) is 0.825. The number of nitrogens with zero attached hydrogens (tertiary/aromatic N) is 1. The molecule has 1 amide bonds. The lowest BCUT2D eigenvalue weighted by molar-refractivity contribution is -0.116. The third-order valence-corrected chi connectivity index (χ3v) is 4.09. The average molecular weight is 324 g/mol. The molecule has 0 unspecified atom stereocenters. The van der Waals surface area contributed by atoms with Crippen LogP contribution in [0.4, 0.5) is 11.4 Å². The molecule has 21 heavy (non-hydrogen) atoms. The van der Waals surface area contributed by atoms with Gasteiger partial charge in [-0.3, -0.25) is 4.79 Å². The maximum atomic E-state index is 11.6. The van der Waals surface area contributed by atoms with Crippen molar-refractivity contribution in [2.75, 3.05) is 10.6 Å². The first-order valence-corrected chi connectivity index (χ1v) is 8.02. The lowest BCUT2D eigenvalue weighted by Gasteiger charge is -2.11. The van der Waals surface area contributed by atoms with E-state index in [4.69, 9.17) is 11.6 Å². The molecule has 2 aromatic rings. The first kappa shape index (κ1) is 15.8. The van der Waals surface area contributed by atoms with Gasteiger partial charge in [0.15, 0.2) is 4.47 Å². The number of hydrogen-bond acceptors (Lipinski definition) is 4. The number of carbonyl (C=O) groups excluding carboxylic acids is 1. The van der Waals surface area contributed by atoms with Crippen LogP contribution in [0.25, 0.3) is 0 Å². The van der Waals surface area contributed by atoms with Crippen LogP contribution in [0.2, 0.25) is 4.47 Å². The molecule has 0 bridgehead atoms. The smallest absolute Gasteiger partial charge is 0.224 e. The van der Waals surface area contributed by atoms with Crippen molar-refractivity contribution in [1.29, 1.82) is 0 Å². The number of hydrogen-bond donors (Lipinski definition) is 2. The molecule has 0 spiro atoms. The van der Waals surface area contributed by atoms with Crippen molar-refractivity contribution in [3.63, 3.8) is 0 Å². The molecule has 0 aliphatic heterocycles. The molecule has 0 saturated heterocycles. The standard InChI is InChI=1S/C15H18ClN3OS/c1-3-4-14(20)19-11-6-5-10(2)13(7-11)17-8-12-9-18-15(16)21-12/h5-7,9,17H,3-4,8H2,1-2H3,(H,19,20). The van der Waals surface area contributed by atoms with Crippen molar-refractivity contribution >= 4 is 40.2 Å². The monoisotopic (exact) mass is 323 g/mol. The minimum Gasteiger partial charge on any atom is -0.380 e. The van der Waals surface area contributed by atoms with Crippen molar-refractivity contribution in [3.05, 3.63) is 39.3 Å². The van der Waals surface area contributed by atoms with Crippen LogP contribution in [0.1, 0.15) is 30.2 Å². The van der Waals surface area contributed by atoms with Gasteiger partial charge in [-0.25, -0.2) is 4.98 Å². The van der Waals surface area contributed by atoms with Crippen LogP contribution in [0, 0.1) is 6.92 Å². The Morgan fingerprint density at radius 1 is 1.43 bits per heavy atom. The second-order valence-electron chi connectivity index (χ2n) is 4.76. The number of rotatable bonds is 6. The highest BCUT2D eigenvalue weighted by Crippen LogP contribution is 2.23. The predicted molar refractivity (Wildman–Crippen MR) is 89.2 cm³/mol. The summed E-state index contributed by atoms with van der Waals surface area (Å²) in [6.45, 7) is 4.68. The number of carbonyl (C=O) groups is 1. The van der Waals surface area contributed by atoms with E-state index in [1.807, 2.05) is 32.0 Å². The van der Waals surface area contributed by atoms with Crippen molar-refractivity contribution in [3.8, 4) is 0 Å². The van der Waals surface area contributed by atoms with Gasteiger partial charge in [0.25, 0.3) is 0 Å². The molecule has 1 heterocycles. The van der Waals surface area contributed by atoms with Gasteiger partial charge in [-0.1, -0.05) is 24.6 Å². The third-order valence-electron chi connectivity index (χ3n) is 2.98. The molecule has 0 atom stereocenters. The summed E-state index contributed by atoms with van der Waals surface area (Å²) in [7, 11) is 0. The van der Waals surface area contributed by atoms with Crippen molar-refractivity contribution < 1.29 is 4.79 Å². The summed E-state index contributed by atoms with van der Waals surface area (Å²) in [6, 6.07) is 5.85. The van der Waals surface area contributed by atoms with E-state index in [0.29, 0.717) is 17.4 Å². The fourth-order valence-electron chi connectivity index (χ4n) is 1.89. The molecule has 0 aliphatic rings. The number of halogens is 1. The number of aromatic nitrogens is 1. The summed E-state index contributed by atoms with van der Waals surface area (Å²) < 4.78 is 0.545. The first-order chi connectivity index (χ1) is 10.1. The Labute approximate surface area is 133 Å². The molecule has 0 fully saturated rings. The number of nitrogens with one attached hydrogen (secondary N) is 2. The maximum Gasteiger partial charge on any atom is 0.224 e. The fraction of sp³-hybridized carbons (Fsp3) is 0.333. The van der Waals surface area contributed by atoms with E-state index in [2.05, 4.69) is 15.6 Å². The molecule has 1 aromatic carbocycles. The van der Waals surface area contributed by atoms with Gasteiger partial charge in [-0.15, -0.1) is 11.3 Å². The Morgan fingerprint density at radius 2 is 2.24 bits per heavy atom. The molecule has 2 rings (SSSR count). The van der Waals surface area contributed by atoms with Gasteiger partial charge >= 0.3 is 0 Å².